The molecule has 0 atom stereocenters. The highest BCUT2D eigenvalue weighted by Crippen LogP contribution is 2.06. The van der Waals surface area contributed by atoms with Gasteiger partial charge in [-0.1, -0.05) is 0 Å². The minimum Gasteiger partial charge on any atom is -0.477 e. The molecule has 0 aromatic carbocycles. The molecule has 0 saturated heterocycles. The first-order valence-corrected chi connectivity index (χ1v) is 5.31. The lowest BCUT2D eigenvalue weighted by atomic mass is 10.2. The fraction of sp³-hybridized carbons (Fsp3) is 0.364. The minimum absolute atomic E-state index is 0.0179. The third-order valence-corrected chi connectivity index (χ3v) is 2.16. The Morgan fingerprint density at radius 1 is 1.35 bits per heavy atom. The molecule has 0 fully saturated rings. The third kappa shape index (κ3) is 4.96. The highest BCUT2D eigenvalue weighted by molar-refractivity contribution is 5.85. The van der Waals surface area contributed by atoms with Crippen LogP contribution in [0.4, 0.5) is 5.69 Å². The summed E-state index contributed by atoms with van der Waals surface area (Å²) in [6.45, 7) is 0.696. The number of nitrogens with one attached hydrogen (secondary N) is 1. The van der Waals surface area contributed by atoms with Gasteiger partial charge in [-0.15, -0.1) is 0 Å². The fourth-order valence-corrected chi connectivity index (χ4v) is 1.28. The van der Waals surface area contributed by atoms with Crippen molar-refractivity contribution in [1.82, 2.24) is 4.98 Å². The molecule has 0 bridgehead atoms. The van der Waals surface area contributed by atoms with Gasteiger partial charge in [-0.05, 0) is 25.0 Å². The number of carboxylic acid groups (broad SMARTS) is 1. The summed E-state index contributed by atoms with van der Waals surface area (Å²) in [5.41, 5.74) is 5.78. The van der Waals surface area contributed by atoms with Gasteiger partial charge in [0, 0.05) is 13.0 Å². The molecule has 1 amide bonds. The Balaban J connectivity index is 2.27. The van der Waals surface area contributed by atoms with E-state index in [1.54, 1.807) is 6.07 Å². The second kappa shape index (κ2) is 6.47. The molecule has 1 aromatic rings. The van der Waals surface area contributed by atoms with Crippen LogP contribution in [0.2, 0.25) is 0 Å². The van der Waals surface area contributed by atoms with Crippen LogP contribution in [0.5, 0.6) is 0 Å². The van der Waals surface area contributed by atoms with Crippen molar-refractivity contribution >= 4 is 17.6 Å². The summed E-state index contributed by atoms with van der Waals surface area (Å²) in [5.74, 6) is -1.34. The molecule has 1 aromatic heterocycles. The number of primary amides is 1. The van der Waals surface area contributed by atoms with E-state index in [9.17, 15) is 9.59 Å². The van der Waals surface area contributed by atoms with Crippen LogP contribution in [0.3, 0.4) is 0 Å². The van der Waals surface area contributed by atoms with Crippen molar-refractivity contribution in [2.45, 2.75) is 19.3 Å². The number of carbonyl (C=O) groups is 2. The number of amides is 1. The number of carbonyl (C=O) groups excluding carboxylic acids is 1. The van der Waals surface area contributed by atoms with Gasteiger partial charge in [0.05, 0.1) is 11.9 Å². The zero-order valence-corrected chi connectivity index (χ0v) is 9.35. The lowest BCUT2D eigenvalue weighted by Gasteiger charge is -2.05. The predicted molar refractivity (Wildman–Crippen MR) is 62.7 cm³/mol. The van der Waals surface area contributed by atoms with Crippen molar-refractivity contribution in [1.29, 1.82) is 0 Å². The number of nitrogens with zero attached hydrogens (tertiary/aromatic N) is 1. The first kappa shape index (κ1) is 13.0. The van der Waals surface area contributed by atoms with E-state index < -0.39 is 5.97 Å². The molecule has 4 N–H and O–H groups in total. The molecule has 0 spiro atoms. The summed E-state index contributed by atoms with van der Waals surface area (Å²) in [7, 11) is 0. The second-order valence-electron chi connectivity index (χ2n) is 3.59. The Labute approximate surface area is 98.8 Å². The van der Waals surface area contributed by atoms with E-state index >= 15 is 0 Å². The Bertz CT molecular complexity index is 389. The predicted octanol–water partition coefficient (Wildman–Crippen LogP) is 0.847. The van der Waals surface area contributed by atoms with E-state index in [-0.39, 0.29) is 11.6 Å². The van der Waals surface area contributed by atoms with Crippen LogP contribution in [-0.4, -0.2) is 28.5 Å². The summed E-state index contributed by atoms with van der Waals surface area (Å²) in [5, 5.41) is 11.7. The van der Waals surface area contributed by atoms with E-state index in [0.29, 0.717) is 13.0 Å². The molecule has 92 valence electrons. The van der Waals surface area contributed by atoms with Crippen molar-refractivity contribution in [3.63, 3.8) is 0 Å². The lowest BCUT2D eigenvalue weighted by Crippen LogP contribution is -2.11. The van der Waals surface area contributed by atoms with E-state index in [2.05, 4.69) is 10.3 Å². The average molecular weight is 237 g/mol. The molecule has 0 radical (unpaired) electrons. The largest absolute Gasteiger partial charge is 0.477 e. The highest BCUT2D eigenvalue weighted by Gasteiger charge is 2.02. The van der Waals surface area contributed by atoms with Gasteiger partial charge in [0.1, 0.15) is 5.69 Å². The maximum absolute atomic E-state index is 10.5. The summed E-state index contributed by atoms with van der Waals surface area (Å²) in [6, 6.07) is 3.10. The maximum Gasteiger partial charge on any atom is 0.354 e. The van der Waals surface area contributed by atoms with Gasteiger partial charge in [0.25, 0.3) is 0 Å². The Morgan fingerprint density at radius 3 is 2.65 bits per heavy atom. The Kier molecular flexibility index (Phi) is 4.93. The quantitative estimate of drug-likeness (QED) is 0.609. The fourth-order valence-electron chi connectivity index (χ4n) is 1.28. The lowest BCUT2D eigenvalue weighted by molar-refractivity contribution is -0.118. The highest BCUT2D eigenvalue weighted by atomic mass is 16.4. The van der Waals surface area contributed by atoms with Crippen LogP contribution >= 0.6 is 0 Å². The number of unbranched alkanes of at least 4 members (excludes halogenated alkanes) is 1. The molecule has 0 aliphatic rings. The number of rotatable bonds is 7. The number of aromatic nitrogens is 1. The van der Waals surface area contributed by atoms with Crippen LogP contribution in [0, 0.1) is 0 Å². The number of hydrogen-bond donors (Lipinski definition) is 3. The van der Waals surface area contributed by atoms with E-state index in [0.717, 1.165) is 18.5 Å². The number of pyridine rings is 1. The molecular weight excluding hydrogens is 222 g/mol. The number of nitrogens with two attached hydrogens (primary N) is 1. The molecule has 0 aliphatic heterocycles. The summed E-state index contributed by atoms with van der Waals surface area (Å²) in [4.78, 5) is 24.8. The number of hydrogen-bond acceptors (Lipinski definition) is 4. The van der Waals surface area contributed by atoms with Crippen molar-refractivity contribution in [3.05, 3.63) is 24.0 Å². The third-order valence-electron chi connectivity index (χ3n) is 2.16. The van der Waals surface area contributed by atoms with Crippen molar-refractivity contribution < 1.29 is 14.7 Å². The van der Waals surface area contributed by atoms with Gasteiger partial charge < -0.3 is 16.2 Å². The zero-order chi connectivity index (χ0) is 12.7. The van der Waals surface area contributed by atoms with Crippen molar-refractivity contribution in [2.24, 2.45) is 5.73 Å². The molecule has 0 unspecified atom stereocenters. The topological polar surface area (TPSA) is 105 Å². The molecule has 1 rings (SSSR count). The van der Waals surface area contributed by atoms with E-state index in [4.69, 9.17) is 10.8 Å². The van der Waals surface area contributed by atoms with Crippen LogP contribution in [0.15, 0.2) is 18.3 Å². The van der Waals surface area contributed by atoms with Crippen LogP contribution in [0.25, 0.3) is 0 Å². The van der Waals surface area contributed by atoms with Crippen LogP contribution < -0.4 is 11.1 Å². The molecule has 17 heavy (non-hydrogen) atoms. The van der Waals surface area contributed by atoms with Gasteiger partial charge in [-0.25, -0.2) is 9.78 Å². The van der Waals surface area contributed by atoms with Gasteiger partial charge in [-0.3, -0.25) is 4.79 Å². The second-order valence-corrected chi connectivity index (χ2v) is 3.59. The monoisotopic (exact) mass is 237 g/mol. The molecule has 0 saturated carbocycles. The van der Waals surface area contributed by atoms with Crippen LogP contribution in [0.1, 0.15) is 29.8 Å². The number of anilines is 1. The first-order valence-electron chi connectivity index (χ1n) is 5.31. The smallest absolute Gasteiger partial charge is 0.354 e. The maximum atomic E-state index is 10.5. The Hall–Kier alpha value is -2.11. The summed E-state index contributed by atoms with van der Waals surface area (Å²) in [6.07, 6.45) is 3.42. The Morgan fingerprint density at radius 2 is 2.12 bits per heavy atom. The van der Waals surface area contributed by atoms with Gasteiger partial charge in [0.15, 0.2) is 0 Å². The zero-order valence-electron chi connectivity index (χ0n) is 9.35. The normalized spacial score (nSPS) is 9.88. The SMILES string of the molecule is NC(=O)CCCCNc1ccc(C(=O)O)nc1. The summed E-state index contributed by atoms with van der Waals surface area (Å²) < 4.78 is 0. The van der Waals surface area contributed by atoms with E-state index in [1.165, 1.54) is 12.3 Å². The molecular formula is C11H15N3O3. The van der Waals surface area contributed by atoms with E-state index in [1.807, 2.05) is 0 Å². The van der Waals surface area contributed by atoms with Crippen LogP contribution in [-0.2, 0) is 4.79 Å². The summed E-state index contributed by atoms with van der Waals surface area (Å²) >= 11 is 0. The number of carboxylic acids is 1. The minimum atomic E-state index is -1.04. The van der Waals surface area contributed by atoms with Crippen molar-refractivity contribution in [3.8, 4) is 0 Å². The molecule has 6 heteroatoms. The first-order chi connectivity index (χ1) is 8.09. The van der Waals surface area contributed by atoms with Gasteiger partial charge in [-0.2, -0.15) is 0 Å². The average Bonchev–Trinajstić information content (AvgIpc) is 2.29. The molecule has 1 heterocycles. The number of aromatic carboxylic acids is 1. The van der Waals surface area contributed by atoms with Gasteiger partial charge in [0.2, 0.25) is 5.91 Å². The molecule has 0 aliphatic carbocycles. The van der Waals surface area contributed by atoms with Crippen molar-refractivity contribution in [2.75, 3.05) is 11.9 Å². The molecule has 6 nitrogen and oxygen atoms in total. The van der Waals surface area contributed by atoms with Gasteiger partial charge >= 0.3 is 5.97 Å². The standard InChI is InChI=1S/C11H15N3O3/c12-10(15)3-1-2-6-13-8-4-5-9(11(16)17)14-7-8/h4-5,7,13H,1-3,6H2,(H2,12,15)(H,16,17).